The number of hydrogen-bond acceptors (Lipinski definition) is 7. The minimum atomic E-state index is -0.592. The first-order chi connectivity index (χ1) is 7.95. The van der Waals surface area contributed by atoms with Crippen LogP contribution in [-0.2, 0) is 0 Å². The normalized spacial score (nSPS) is 12.2. The van der Waals surface area contributed by atoms with Gasteiger partial charge in [0.15, 0.2) is 0 Å². The first-order valence-corrected chi connectivity index (χ1v) is 5.16. The standard InChI is InChI=1S/C9H15N5O3/c1-3-6(15)4-11-8-7(14(16)17)5(2)12-9(10)13-8/h6,15H,3-4H2,1-2H3,(H3,10,11,12,13). The van der Waals surface area contributed by atoms with Crippen molar-refractivity contribution in [2.75, 3.05) is 17.6 Å². The molecule has 1 heterocycles. The molecular formula is C9H15N5O3. The van der Waals surface area contributed by atoms with Gasteiger partial charge in [0.2, 0.25) is 11.8 Å². The van der Waals surface area contributed by atoms with E-state index >= 15 is 0 Å². The van der Waals surface area contributed by atoms with Crippen molar-refractivity contribution in [3.05, 3.63) is 15.8 Å². The van der Waals surface area contributed by atoms with E-state index in [1.807, 2.05) is 0 Å². The number of nitrogen functional groups attached to an aromatic ring is 1. The van der Waals surface area contributed by atoms with Crippen molar-refractivity contribution < 1.29 is 10.0 Å². The summed E-state index contributed by atoms with van der Waals surface area (Å²) in [5.41, 5.74) is 5.39. The number of rotatable bonds is 5. The van der Waals surface area contributed by atoms with Crippen molar-refractivity contribution >= 4 is 17.5 Å². The van der Waals surface area contributed by atoms with Crippen LogP contribution < -0.4 is 11.1 Å². The van der Waals surface area contributed by atoms with Gasteiger partial charge < -0.3 is 16.2 Å². The highest BCUT2D eigenvalue weighted by Crippen LogP contribution is 2.25. The van der Waals surface area contributed by atoms with E-state index in [2.05, 4.69) is 15.3 Å². The molecule has 0 aliphatic heterocycles. The Morgan fingerprint density at radius 1 is 1.59 bits per heavy atom. The van der Waals surface area contributed by atoms with Gasteiger partial charge in [0.1, 0.15) is 5.69 Å². The Morgan fingerprint density at radius 2 is 2.24 bits per heavy atom. The van der Waals surface area contributed by atoms with Crippen LogP contribution in [0, 0.1) is 17.0 Å². The molecule has 0 spiro atoms. The lowest BCUT2D eigenvalue weighted by Gasteiger charge is -2.11. The van der Waals surface area contributed by atoms with Crippen LogP contribution in [0.25, 0.3) is 0 Å². The number of anilines is 2. The van der Waals surface area contributed by atoms with Crippen molar-refractivity contribution in [1.29, 1.82) is 0 Å². The van der Waals surface area contributed by atoms with Crippen LogP contribution in [0.5, 0.6) is 0 Å². The fraction of sp³-hybridized carbons (Fsp3) is 0.556. The molecule has 0 amide bonds. The zero-order valence-electron chi connectivity index (χ0n) is 9.67. The quantitative estimate of drug-likeness (QED) is 0.504. The molecule has 0 saturated heterocycles. The van der Waals surface area contributed by atoms with E-state index in [1.54, 1.807) is 6.92 Å². The van der Waals surface area contributed by atoms with E-state index < -0.39 is 11.0 Å². The number of nitro groups is 1. The summed E-state index contributed by atoms with van der Waals surface area (Å²) >= 11 is 0. The lowest BCUT2D eigenvalue weighted by Crippen LogP contribution is -2.20. The molecule has 0 aromatic carbocycles. The first-order valence-electron chi connectivity index (χ1n) is 5.16. The zero-order valence-corrected chi connectivity index (χ0v) is 9.67. The Morgan fingerprint density at radius 3 is 2.76 bits per heavy atom. The van der Waals surface area contributed by atoms with E-state index in [0.29, 0.717) is 6.42 Å². The Labute approximate surface area is 98.0 Å². The second-order valence-electron chi connectivity index (χ2n) is 3.56. The summed E-state index contributed by atoms with van der Waals surface area (Å²) in [6.45, 7) is 3.46. The molecule has 0 fully saturated rings. The van der Waals surface area contributed by atoms with Gasteiger partial charge in [-0.25, -0.2) is 4.98 Å². The molecule has 8 heteroatoms. The van der Waals surface area contributed by atoms with Gasteiger partial charge in [-0.3, -0.25) is 10.1 Å². The number of aliphatic hydroxyl groups is 1. The Hall–Kier alpha value is -1.96. The number of aryl methyl sites for hydroxylation is 1. The molecule has 17 heavy (non-hydrogen) atoms. The Kier molecular flexibility index (Phi) is 4.16. The third-order valence-electron chi connectivity index (χ3n) is 2.23. The summed E-state index contributed by atoms with van der Waals surface area (Å²) in [4.78, 5) is 17.8. The van der Waals surface area contributed by atoms with Gasteiger partial charge in [0.05, 0.1) is 11.0 Å². The highest BCUT2D eigenvalue weighted by molar-refractivity contribution is 5.60. The number of aromatic nitrogens is 2. The van der Waals surface area contributed by atoms with Crippen molar-refractivity contribution in [2.45, 2.75) is 26.4 Å². The smallest absolute Gasteiger partial charge is 0.332 e. The zero-order chi connectivity index (χ0) is 13.0. The summed E-state index contributed by atoms with van der Waals surface area (Å²) < 4.78 is 0. The monoisotopic (exact) mass is 241 g/mol. The number of nitrogens with one attached hydrogen (secondary N) is 1. The van der Waals surface area contributed by atoms with E-state index in [1.165, 1.54) is 6.92 Å². The van der Waals surface area contributed by atoms with Crippen molar-refractivity contribution in [1.82, 2.24) is 9.97 Å². The van der Waals surface area contributed by atoms with E-state index in [-0.39, 0.29) is 29.7 Å². The van der Waals surface area contributed by atoms with Gasteiger partial charge in [0, 0.05) is 6.54 Å². The summed E-state index contributed by atoms with van der Waals surface area (Å²) in [6, 6.07) is 0. The maximum Gasteiger partial charge on any atom is 0.332 e. The van der Waals surface area contributed by atoms with Crippen LogP contribution in [0.15, 0.2) is 0 Å². The SMILES string of the molecule is CCC(O)CNc1nc(N)nc(C)c1[N+](=O)[O-]. The molecule has 0 saturated carbocycles. The van der Waals surface area contributed by atoms with Gasteiger partial charge >= 0.3 is 5.69 Å². The fourth-order valence-corrected chi connectivity index (χ4v) is 1.29. The molecule has 0 aliphatic rings. The molecule has 0 bridgehead atoms. The summed E-state index contributed by atoms with van der Waals surface area (Å²) in [5, 5.41) is 22.9. The largest absolute Gasteiger partial charge is 0.391 e. The predicted octanol–water partition coefficient (Wildman–Crippen LogP) is 0.458. The number of aliphatic hydroxyl groups excluding tert-OH is 1. The number of nitrogens with zero attached hydrogens (tertiary/aromatic N) is 3. The second kappa shape index (κ2) is 5.39. The number of hydrogen-bond donors (Lipinski definition) is 3. The molecule has 4 N–H and O–H groups in total. The topological polar surface area (TPSA) is 127 Å². The molecule has 0 radical (unpaired) electrons. The van der Waals surface area contributed by atoms with Gasteiger partial charge in [-0.2, -0.15) is 4.98 Å². The Bertz CT molecular complexity index is 423. The molecule has 8 nitrogen and oxygen atoms in total. The van der Waals surface area contributed by atoms with E-state index in [4.69, 9.17) is 5.73 Å². The lowest BCUT2D eigenvalue weighted by molar-refractivity contribution is -0.385. The molecule has 1 atom stereocenters. The summed E-state index contributed by atoms with van der Waals surface area (Å²) in [5.74, 6) is -0.00547. The summed E-state index contributed by atoms with van der Waals surface area (Å²) in [7, 11) is 0. The van der Waals surface area contributed by atoms with Crippen LogP contribution in [-0.4, -0.2) is 32.6 Å². The van der Waals surface area contributed by atoms with Gasteiger partial charge in [-0.15, -0.1) is 0 Å². The third-order valence-corrected chi connectivity index (χ3v) is 2.23. The molecule has 0 aliphatic carbocycles. The fourth-order valence-electron chi connectivity index (χ4n) is 1.29. The molecule has 1 aromatic heterocycles. The highest BCUT2D eigenvalue weighted by atomic mass is 16.6. The van der Waals surface area contributed by atoms with Gasteiger partial charge in [-0.05, 0) is 13.3 Å². The van der Waals surface area contributed by atoms with Crippen LogP contribution in [0.2, 0.25) is 0 Å². The highest BCUT2D eigenvalue weighted by Gasteiger charge is 2.21. The third kappa shape index (κ3) is 3.25. The maximum absolute atomic E-state index is 10.9. The molecule has 1 unspecified atom stereocenters. The van der Waals surface area contributed by atoms with Crippen molar-refractivity contribution in [3.63, 3.8) is 0 Å². The van der Waals surface area contributed by atoms with Gasteiger partial charge in [-0.1, -0.05) is 6.92 Å². The van der Waals surface area contributed by atoms with Crippen LogP contribution in [0.3, 0.4) is 0 Å². The van der Waals surface area contributed by atoms with Crippen LogP contribution >= 0.6 is 0 Å². The predicted molar refractivity (Wildman–Crippen MR) is 62.6 cm³/mol. The number of nitrogens with two attached hydrogens (primary N) is 1. The van der Waals surface area contributed by atoms with Gasteiger partial charge in [0.25, 0.3) is 0 Å². The minimum Gasteiger partial charge on any atom is -0.391 e. The van der Waals surface area contributed by atoms with E-state index in [0.717, 1.165) is 0 Å². The summed E-state index contributed by atoms with van der Waals surface area (Å²) in [6.07, 6.45) is -0.0496. The van der Waals surface area contributed by atoms with Crippen LogP contribution in [0.4, 0.5) is 17.5 Å². The molecular weight excluding hydrogens is 226 g/mol. The van der Waals surface area contributed by atoms with Crippen LogP contribution in [0.1, 0.15) is 19.0 Å². The lowest BCUT2D eigenvalue weighted by atomic mass is 10.2. The maximum atomic E-state index is 10.9. The van der Waals surface area contributed by atoms with Crippen molar-refractivity contribution in [2.24, 2.45) is 0 Å². The minimum absolute atomic E-state index is 0.0347. The molecule has 1 aromatic rings. The first kappa shape index (κ1) is 13.1. The average molecular weight is 241 g/mol. The molecule has 94 valence electrons. The average Bonchev–Trinajstić information content (AvgIpc) is 2.24. The van der Waals surface area contributed by atoms with Crippen molar-refractivity contribution in [3.8, 4) is 0 Å². The molecule has 1 rings (SSSR count). The Balaban J connectivity index is 3.00. The van der Waals surface area contributed by atoms with E-state index in [9.17, 15) is 15.2 Å². The second-order valence-corrected chi connectivity index (χ2v) is 3.56.